The standard InChI is InChI=1S/C15H17NO2S/c1-2-3-4-9-19-14-7-5-12(6-8-14)10-13(11-16)15(17)18/h5-8,10H,2-4,9H2,1H3,(H,17,18)/b13-10+. The van der Waals surface area contributed by atoms with E-state index in [1.807, 2.05) is 24.3 Å². The lowest BCUT2D eigenvalue weighted by Crippen LogP contribution is -1.97. The Morgan fingerprint density at radius 3 is 2.58 bits per heavy atom. The number of hydrogen-bond acceptors (Lipinski definition) is 3. The maximum absolute atomic E-state index is 10.7. The average Bonchev–Trinajstić information content (AvgIpc) is 2.42. The van der Waals surface area contributed by atoms with Crippen molar-refractivity contribution in [3.8, 4) is 6.07 Å². The molecule has 0 aromatic heterocycles. The van der Waals surface area contributed by atoms with Crippen molar-refractivity contribution in [1.82, 2.24) is 0 Å². The number of carboxylic acids is 1. The fourth-order valence-corrected chi connectivity index (χ4v) is 2.42. The van der Waals surface area contributed by atoms with Crippen LogP contribution in [0.15, 0.2) is 34.7 Å². The highest BCUT2D eigenvalue weighted by Crippen LogP contribution is 2.21. The summed E-state index contributed by atoms with van der Waals surface area (Å²) < 4.78 is 0. The Kier molecular flexibility index (Phi) is 6.76. The molecule has 0 heterocycles. The van der Waals surface area contributed by atoms with Gasteiger partial charge in [0.1, 0.15) is 11.6 Å². The number of nitrogens with zero attached hydrogens (tertiary/aromatic N) is 1. The fraction of sp³-hybridized carbons (Fsp3) is 0.333. The van der Waals surface area contributed by atoms with E-state index in [1.54, 1.807) is 17.8 Å². The molecule has 0 saturated carbocycles. The van der Waals surface area contributed by atoms with Crippen LogP contribution in [-0.4, -0.2) is 16.8 Å². The minimum Gasteiger partial charge on any atom is -0.477 e. The highest BCUT2D eigenvalue weighted by atomic mass is 32.2. The molecule has 0 bridgehead atoms. The van der Waals surface area contributed by atoms with E-state index in [0.29, 0.717) is 0 Å². The molecule has 1 N–H and O–H groups in total. The highest BCUT2D eigenvalue weighted by Gasteiger charge is 2.05. The molecular formula is C15H17NO2S. The third kappa shape index (κ3) is 5.62. The number of nitriles is 1. The van der Waals surface area contributed by atoms with Crippen LogP contribution in [0.25, 0.3) is 6.08 Å². The van der Waals surface area contributed by atoms with Gasteiger partial charge in [-0.1, -0.05) is 31.9 Å². The third-order valence-corrected chi connectivity index (χ3v) is 3.66. The minimum absolute atomic E-state index is 0.247. The number of carbonyl (C=O) groups is 1. The Morgan fingerprint density at radius 1 is 1.37 bits per heavy atom. The van der Waals surface area contributed by atoms with Gasteiger partial charge >= 0.3 is 5.97 Å². The number of carboxylic acid groups (broad SMARTS) is 1. The maximum atomic E-state index is 10.7. The first-order chi connectivity index (χ1) is 9.17. The zero-order valence-electron chi connectivity index (χ0n) is 10.9. The Bertz CT molecular complexity index is 486. The Morgan fingerprint density at radius 2 is 2.05 bits per heavy atom. The van der Waals surface area contributed by atoms with Gasteiger partial charge < -0.3 is 5.11 Å². The van der Waals surface area contributed by atoms with Crippen LogP contribution in [0.2, 0.25) is 0 Å². The molecule has 0 amide bonds. The fourth-order valence-electron chi connectivity index (χ4n) is 1.51. The molecule has 0 atom stereocenters. The molecule has 0 spiro atoms. The molecule has 0 aliphatic heterocycles. The van der Waals surface area contributed by atoms with Crippen LogP contribution in [0.1, 0.15) is 31.7 Å². The molecule has 0 saturated heterocycles. The summed E-state index contributed by atoms with van der Waals surface area (Å²) >= 11 is 1.80. The Balaban J connectivity index is 2.61. The molecular weight excluding hydrogens is 258 g/mol. The Hall–Kier alpha value is -1.73. The van der Waals surface area contributed by atoms with Crippen molar-refractivity contribution >= 4 is 23.8 Å². The topological polar surface area (TPSA) is 61.1 Å². The van der Waals surface area contributed by atoms with Crippen LogP contribution in [0.5, 0.6) is 0 Å². The number of unbranched alkanes of at least 4 members (excludes halogenated alkanes) is 2. The summed E-state index contributed by atoms with van der Waals surface area (Å²) in [5.41, 5.74) is 0.486. The van der Waals surface area contributed by atoms with E-state index in [1.165, 1.54) is 30.2 Å². The zero-order chi connectivity index (χ0) is 14.1. The van der Waals surface area contributed by atoms with Crippen molar-refractivity contribution in [3.63, 3.8) is 0 Å². The van der Waals surface area contributed by atoms with Crippen LogP contribution >= 0.6 is 11.8 Å². The molecule has 100 valence electrons. The molecule has 0 unspecified atom stereocenters. The van der Waals surface area contributed by atoms with E-state index >= 15 is 0 Å². The van der Waals surface area contributed by atoms with Gasteiger partial charge in [0.2, 0.25) is 0 Å². The molecule has 1 aromatic rings. The van der Waals surface area contributed by atoms with E-state index < -0.39 is 5.97 Å². The van der Waals surface area contributed by atoms with Crippen molar-refractivity contribution in [1.29, 1.82) is 5.26 Å². The van der Waals surface area contributed by atoms with E-state index in [9.17, 15) is 4.79 Å². The van der Waals surface area contributed by atoms with Crippen LogP contribution < -0.4 is 0 Å². The van der Waals surface area contributed by atoms with E-state index in [4.69, 9.17) is 10.4 Å². The molecule has 0 aliphatic rings. The van der Waals surface area contributed by atoms with E-state index in [0.717, 1.165) is 11.3 Å². The summed E-state index contributed by atoms with van der Waals surface area (Å²) in [5.74, 6) is -0.0952. The lowest BCUT2D eigenvalue weighted by atomic mass is 10.1. The quantitative estimate of drug-likeness (QED) is 0.354. The summed E-state index contributed by atoms with van der Waals surface area (Å²) in [6, 6.07) is 9.26. The van der Waals surface area contributed by atoms with E-state index in [-0.39, 0.29) is 5.57 Å². The van der Waals surface area contributed by atoms with Gasteiger partial charge in [-0.15, -0.1) is 11.8 Å². The van der Waals surface area contributed by atoms with Crippen molar-refractivity contribution in [2.75, 3.05) is 5.75 Å². The average molecular weight is 275 g/mol. The zero-order valence-corrected chi connectivity index (χ0v) is 11.7. The summed E-state index contributed by atoms with van der Waals surface area (Å²) in [4.78, 5) is 11.9. The van der Waals surface area contributed by atoms with Gasteiger partial charge in [0.15, 0.2) is 0 Å². The number of benzene rings is 1. The second-order valence-corrected chi connectivity index (χ2v) is 5.27. The van der Waals surface area contributed by atoms with Gasteiger partial charge in [-0.25, -0.2) is 4.79 Å². The first-order valence-electron chi connectivity index (χ1n) is 6.25. The highest BCUT2D eigenvalue weighted by molar-refractivity contribution is 7.99. The van der Waals surface area contributed by atoms with Gasteiger partial charge in [0.25, 0.3) is 0 Å². The van der Waals surface area contributed by atoms with Crippen LogP contribution in [0.3, 0.4) is 0 Å². The van der Waals surface area contributed by atoms with Crippen LogP contribution in [0.4, 0.5) is 0 Å². The predicted molar refractivity (Wildman–Crippen MR) is 77.9 cm³/mol. The SMILES string of the molecule is CCCCCSc1ccc(/C=C(\C#N)C(=O)O)cc1. The molecule has 1 rings (SSSR count). The summed E-state index contributed by atoms with van der Waals surface area (Å²) in [6.07, 6.45) is 5.06. The first-order valence-corrected chi connectivity index (χ1v) is 7.24. The summed E-state index contributed by atoms with van der Waals surface area (Å²) in [6.45, 7) is 2.18. The normalized spacial score (nSPS) is 11.1. The molecule has 0 fully saturated rings. The Labute approximate surface area is 117 Å². The largest absolute Gasteiger partial charge is 0.477 e. The van der Waals surface area contributed by atoms with Gasteiger partial charge in [-0.3, -0.25) is 0 Å². The first kappa shape index (κ1) is 15.3. The summed E-state index contributed by atoms with van der Waals surface area (Å²) in [7, 11) is 0. The lowest BCUT2D eigenvalue weighted by molar-refractivity contribution is -0.132. The van der Waals surface area contributed by atoms with Gasteiger partial charge in [0, 0.05) is 4.90 Å². The lowest BCUT2D eigenvalue weighted by Gasteiger charge is -2.02. The van der Waals surface area contributed by atoms with Gasteiger partial charge in [-0.2, -0.15) is 5.26 Å². The molecule has 3 nitrogen and oxygen atoms in total. The molecule has 1 aromatic carbocycles. The smallest absolute Gasteiger partial charge is 0.346 e. The summed E-state index contributed by atoms with van der Waals surface area (Å²) in [5, 5.41) is 17.4. The predicted octanol–water partition coefficient (Wildman–Crippen LogP) is 3.96. The van der Waals surface area contributed by atoms with Crippen molar-refractivity contribution in [2.45, 2.75) is 31.1 Å². The molecule has 0 radical (unpaired) electrons. The second kappa shape index (κ2) is 8.39. The second-order valence-electron chi connectivity index (χ2n) is 4.10. The molecule has 0 aliphatic carbocycles. The number of hydrogen-bond donors (Lipinski definition) is 1. The molecule has 19 heavy (non-hydrogen) atoms. The van der Waals surface area contributed by atoms with Crippen LogP contribution in [-0.2, 0) is 4.79 Å². The maximum Gasteiger partial charge on any atom is 0.346 e. The number of thioether (sulfide) groups is 1. The van der Waals surface area contributed by atoms with E-state index in [2.05, 4.69) is 6.92 Å². The molecule has 4 heteroatoms. The van der Waals surface area contributed by atoms with Crippen molar-refractivity contribution < 1.29 is 9.90 Å². The minimum atomic E-state index is -1.19. The van der Waals surface area contributed by atoms with Crippen molar-refractivity contribution in [3.05, 3.63) is 35.4 Å². The van der Waals surface area contributed by atoms with Crippen molar-refractivity contribution in [2.24, 2.45) is 0 Å². The van der Waals surface area contributed by atoms with Crippen LogP contribution in [0, 0.1) is 11.3 Å². The van der Waals surface area contributed by atoms with Gasteiger partial charge in [-0.05, 0) is 35.9 Å². The van der Waals surface area contributed by atoms with Gasteiger partial charge in [0.05, 0.1) is 0 Å². The number of aliphatic carboxylic acids is 1. The third-order valence-electron chi connectivity index (χ3n) is 2.56. The number of rotatable bonds is 7. The monoisotopic (exact) mass is 275 g/mol.